The van der Waals surface area contributed by atoms with E-state index in [4.69, 9.17) is 0 Å². The summed E-state index contributed by atoms with van der Waals surface area (Å²) in [4.78, 5) is 19.4. The van der Waals surface area contributed by atoms with E-state index in [0.29, 0.717) is 5.69 Å². The van der Waals surface area contributed by atoms with Crippen LogP contribution in [-0.2, 0) is 6.54 Å². The van der Waals surface area contributed by atoms with Crippen molar-refractivity contribution in [3.8, 4) is 11.3 Å². The molecular weight excluding hydrogens is 346 g/mol. The quantitative estimate of drug-likeness (QED) is 0.745. The highest BCUT2D eigenvalue weighted by molar-refractivity contribution is 7.08. The van der Waals surface area contributed by atoms with Crippen molar-refractivity contribution in [2.45, 2.75) is 45.2 Å². The lowest BCUT2D eigenvalue weighted by molar-refractivity contribution is 0.0589. The summed E-state index contributed by atoms with van der Waals surface area (Å²) < 4.78 is 2.15. The Labute approximate surface area is 156 Å². The predicted molar refractivity (Wildman–Crippen MR) is 102 cm³/mol. The van der Waals surface area contributed by atoms with Crippen LogP contribution in [0.25, 0.3) is 11.3 Å². The fourth-order valence-electron chi connectivity index (χ4n) is 3.64. The van der Waals surface area contributed by atoms with Crippen molar-refractivity contribution in [1.82, 2.24) is 24.6 Å². The molecule has 0 aromatic carbocycles. The SMILES string of the molecule is Cc1nccn1CCC1CCCCN1C(=O)c1cc(-c2ccsc2)n[nH]1. The summed E-state index contributed by atoms with van der Waals surface area (Å²) in [5.41, 5.74) is 2.46. The molecule has 0 spiro atoms. The molecule has 6 nitrogen and oxygen atoms in total. The maximum atomic E-state index is 13.1. The molecule has 0 bridgehead atoms. The number of aromatic nitrogens is 4. The number of nitrogens with zero attached hydrogens (tertiary/aromatic N) is 4. The van der Waals surface area contributed by atoms with Gasteiger partial charge in [0.2, 0.25) is 0 Å². The van der Waals surface area contributed by atoms with Gasteiger partial charge in [0.1, 0.15) is 11.5 Å². The molecule has 0 aliphatic carbocycles. The van der Waals surface area contributed by atoms with Crippen LogP contribution in [0.2, 0.25) is 0 Å². The van der Waals surface area contributed by atoms with Gasteiger partial charge in [-0.3, -0.25) is 9.89 Å². The molecule has 1 fully saturated rings. The monoisotopic (exact) mass is 369 g/mol. The molecule has 1 aliphatic heterocycles. The number of piperidine rings is 1. The highest BCUT2D eigenvalue weighted by atomic mass is 32.1. The normalized spacial score (nSPS) is 17.6. The summed E-state index contributed by atoms with van der Waals surface area (Å²) in [6.07, 6.45) is 8.10. The summed E-state index contributed by atoms with van der Waals surface area (Å²) in [6, 6.07) is 4.16. The van der Waals surface area contributed by atoms with Crippen LogP contribution in [0.4, 0.5) is 0 Å². The molecule has 136 valence electrons. The van der Waals surface area contributed by atoms with Crippen LogP contribution in [0.15, 0.2) is 35.3 Å². The zero-order valence-electron chi connectivity index (χ0n) is 14.9. The van der Waals surface area contributed by atoms with E-state index in [1.54, 1.807) is 11.3 Å². The summed E-state index contributed by atoms with van der Waals surface area (Å²) >= 11 is 1.63. The fourth-order valence-corrected chi connectivity index (χ4v) is 4.29. The van der Waals surface area contributed by atoms with E-state index in [2.05, 4.69) is 19.7 Å². The first kappa shape index (κ1) is 17.0. The average Bonchev–Trinajstić information content (AvgIpc) is 3.41. The average molecular weight is 369 g/mol. The lowest BCUT2D eigenvalue weighted by Crippen LogP contribution is -2.44. The Morgan fingerprint density at radius 1 is 1.42 bits per heavy atom. The van der Waals surface area contributed by atoms with Gasteiger partial charge >= 0.3 is 0 Å². The summed E-state index contributed by atoms with van der Waals surface area (Å²) in [7, 11) is 0. The van der Waals surface area contributed by atoms with E-state index in [9.17, 15) is 4.79 Å². The van der Waals surface area contributed by atoms with Gasteiger partial charge in [0.25, 0.3) is 5.91 Å². The van der Waals surface area contributed by atoms with Crippen LogP contribution in [0.3, 0.4) is 0 Å². The van der Waals surface area contributed by atoms with Crippen molar-refractivity contribution in [3.63, 3.8) is 0 Å². The molecular formula is C19H23N5OS. The van der Waals surface area contributed by atoms with Crippen LogP contribution in [0.1, 0.15) is 42.0 Å². The third-order valence-corrected chi connectivity index (χ3v) is 5.82. The Kier molecular flexibility index (Phi) is 4.88. The number of thiophene rings is 1. The minimum atomic E-state index is 0.0611. The second-order valence-corrected chi connectivity index (χ2v) is 7.56. The Morgan fingerprint density at radius 3 is 3.12 bits per heavy atom. The van der Waals surface area contributed by atoms with E-state index < -0.39 is 0 Å². The lowest BCUT2D eigenvalue weighted by atomic mass is 9.98. The Hall–Kier alpha value is -2.41. The Morgan fingerprint density at radius 2 is 2.35 bits per heavy atom. The van der Waals surface area contributed by atoms with Crippen LogP contribution < -0.4 is 0 Å². The van der Waals surface area contributed by atoms with Crippen molar-refractivity contribution >= 4 is 17.2 Å². The zero-order valence-corrected chi connectivity index (χ0v) is 15.7. The van der Waals surface area contributed by atoms with E-state index >= 15 is 0 Å². The van der Waals surface area contributed by atoms with Crippen LogP contribution in [0.5, 0.6) is 0 Å². The number of H-pyrrole nitrogens is 1. The van der Waals surface area contributed by atoms with Crippen LogP contribution >= 0.6 is 11.3 Å². The summed E-state index contributed by atoms with van der Waals surface area (Å²) in [5.74, 6) is 1.08. The number of hydrogen-bond acceptors (Lipinski definition) is 4. The second-order valence-electron chi connectivity index (χ2n) is 6.78. The van der Waals surface area contributed by atoms with Gasteiger partial charge in [0.05, 0.1) is 5.69 Å². The topological polar surface area (TPSA) is 66.8 Å². The van der Waals surface area contributed by atoms with Crippen molar-refractivity contribution < 1.29 is 4.79 Å². The van der Waals surface area contributed by atoms with E-state index in [1.807, 2.05) is 47.1 Å². The van der Waals surface area contributed by atoms with Gasteiger partial charge < -0.3 is 9.47 Å². The maximum absolute atomic E-state index is 13.1. The van der Waals surface area contributed by atoms with E-state index in [-0.39, 0.29) is 11.9 Å². The number of amides is 1. The highest BCUT2D eigenvalue weighted by Crippen LogP contribution is 2.25. The Balaban J connectivity index is 1.47. The molecule has 1 saturated heterocycles. The third-order valence-electron chi connectivity index (χ3n) is 5.14. The number of likely N-dealkylation sites (tertiary alicyclic amines) is 1. The number of nitrogens with one attached hydrogen (secondary N) is 1. The van der Waals surface area contributed by atoms with Gasteiger partial charge in [-0.05, 0) is 50.1 Å². The molecule has 1 aliphatic rings. The van der Waals surface area contributed by atoms with Crippen molar-refractivity contribution in [3.05, 3.63) is 46.8 Å². The van der Waals surface area contributed by atoms with E-state index in [1.165, 1.54) is 6.42 Å². The largest absolute Gasteiger partial charge is 0.335 e. The summed E-state index contributed by atoms with van der Waals surface area (Å²) in [5, 5.41) is 11.3. The van der Waals surface area contributed by atoms with E-state index in [0.717, 1.165) is 49.4 Å². The molecule has 4 rings (SSSR count). The standard InChI is InChI=1S/C19H23N5OS/c1-14-20-7-10-23(14)9-5-16-4-2-3-8-24(16)19(25)18-12-17(21-22-18)15-6-11-26-13-15/h6-7,10-13,16H,2-5,8-9H2,1H3,(H,21,22). The number of hydrogen-bond donors (Lipinski definition) is 1. The molecule has 3 aromatic heterocycles. The van der Waals surface area contributed by atoms with Crippen LogP contribution in [-0.4, -0.2) is 43.1 Å². The van der Waals surface area contributed by atoms with Gasteiger partial charge in [-0.15, -0.1) is 0 Å². The third kappa shape index (κ3) is 3.44. The van der Waals surface area contributed by atoms with Gasteiger partial charge in [-0.2, -0.15) is 16.4 Å². The molecule has 26 heavy (non-hydrogen) atoms. The van der Waals surface area contributed by atoms with Crippen molar-refractivity contribution in [2.24, 2.45) is 0 Å². The zero-order chi connectivity index (χ0) is 17.9. The maximum Gasteiger partial charge on any atom is 0.272 e. The van der Waals surface area contributed by atoms with Gasteiger partial charge in [-0.25, -0.2) is 4.98 Å². The summed E-state index contributed by atoms with van der Waals surface area (Å²) in [6.45, 7) is 3.73. The smallest absolute Gasteiger partial charge is 0.272 e. The lowest BCUT2D eigenvalue weighted by Gasteiger charge is -2.35. The minimum Gasteiger partial charge on any atom is -0.335 e. The molecule has 0 saturated carbocycles. The first-order chi connectivity index (χ1) is 12.7. The molecule has 1 unspecified atom stereocenters. The van der Waals surface area contributed by atoms with Gasteiger partial charge in [-0.1, -0.05) is 0 Å². The van der Waals surface area contributed by atoms with Gasteiger partial charge in [0.15, 0.2) is 0 Å². The van der Waals surface area contributed by atoms with Crippen LogP contribution in [0, 0.1) is 6.92 Å². The minimum absolute atomic E-state index is 0.0611. The molecule has 1 N–H and O–H groups in total. The number of aromatic amines is 1. The number of aryl methyl sites for hydroxylation is 2. The fraction of sp³-hybridized carbons (Fsp3) is 0.421. The first-order valence-electron chi connectivity index (χ1n) is 9.09. The first-order valence-corrected chi connectivity index (χ1v) is 10.0. The molecule has 3 aromatic rings. The molecule has 7 heteroatoms. The molecule has 4 heterocycles. The molecule has 0 radical (unpaired) electrons. The number of carbonyl (C=O) groups excluding carboxylic acids is 1. The predicted octanol–water partition coefficient (Wildman–Crippen LogP) is 3.73. The van der Waals surface area contributed by atoms with Crippen molar-refractivity contribution in [1.29, 1.82) is 0 Å². The number of rotatable bonds is 5. The van der Waals surface area contributed by atoms with Gasteiger partial charge in [0, 0.05) is 42.5 Å². The second kappa shape index (κ2) is 7.45. The van der Waals surface area contributed by atoms with Crippen molar-refractivity contribution in [2.75, 3.05) is 6.54 Å². The highest BCUT2D eigenvalue weighted by Gasteiger charge is 2.28. The number of carbonyl (C=O) groups is 1. The number of imidazole rings is 1. The molecule has 1 amide bonds. The Bertz CT molecular complexity index is 866. The molecule has 1 atom stereocenters.